The topological polar surface area (TPSA) is 108 Å². The van der Waals surface area contributed by atoms with Crippen molar-refractivity contribution in [2.24, 2.45) is 0 Å². The first-order chi connectivity index (χ1) is 14.7. The molecule has 0 saturated carbocycles. The number of benzene rings is 2. The van der Waals surface area contributed by atoms with Crippen LogP contribution in [0.25, 0.3) is 22.3 Å². The van der Waals surface area contributed by atoms with Crippen LogP contribution < -0.4 is 5.43 Å². The first kappa shape index (κ1) is 21.9. The maximum atomic E-state index is 13.0. The molecule has 3 N–H and O–H groups in total. The highest BCUT2D eigenvalue weighted by molar-refractivity contribution is 6.15. The molecule has 2 aromatic carbocycles. The highest BCUT2D eigenvalue weighted by atomic mass is 16.3. The molecular formula is C25H24O6. The minimum absolute atomic E-state index is 0.0479. The van der Waals surface area contributed by atoms with Crippen LogP contribution in [0.2, 0.25) is 0 Å². The fourth-order valence-corrected chi connectivity index (χ4v) is 3.27. The largest absolute Gasteiger partial charge is 0.508 e. The van der Waals surface area contributed by atoms with E-state index in [0.717, 1.165) is 18.1 Å². The fourth-order valence-electron chi connectivity index (χ4n) is 3.27. The average Bonchev–Trinajstić information content (AvgIpc) is 2.67. The van der Waals surface area contributed by atoms with Crippen molar-refractivity contribution in [3.05, 3.63) is 75.5 Å². The number of hydrogen-bond donors (Lipinski definition) is 3. The fraction of sp³-hybridized carbons (Fsp3) is 0.200. The van der Waals surface area contributed by atoms with Crippen LogP contribution in [-0.2, 0) is 0 Å². The number of phenols is 3. The van der Waals surface area contributed by atoms with Crippen LogP contribution in [0.4, 0.5) is 0 Å². The first-order valence-corrected chi connectivity index (χ1v) is 9.84. The quantitative estimate of drug-likeness (QED) is 0.278. The molecule has 1 heterocycles. The van der Waals surface area contributed by atoms with Crippen molar-refractivity contribution >= 4 is 16.8 Å². The Hall–Kier alpha value is -3.80. The van der Waals surface area contributed by atoms with Gasteiger partial charge in [0.2, 0.25) is 0 Å². The number of allylic oxidation sites excluding steroid dienone is 4. The number of aromatic hydroxyl groups is 3. The summed E-state index contributed by atoms with van der Waals surface area (Å²) in [5.41, 5.74) is 1.55. The van der Waals surface area contributed by atoms with Crippen LogP contribution in [0.5, 0.6) is 17.2 Å². The van der Waals surface area contributed by atoms with Gasteiger partial charge in [0.1, 0.15) is 34.0 Å². The lowest BCUT2D eigenvalue weighted by Crippen LogP contribution is -2.06. The molecule has 0 saturated heterocycles. The molecule has 160 valence electrons. The Kier molecular flexibility index (Phi) is 6.30. The third-order valence-electron chi connectivity index (χ3n) is 4.83. The summed E-state index contributed by atoms with van der Waals surface area (Å²) in [7, 11) is 0. The molecule has 0 amide bonds. The highest BCUT2D eigenvalue weighted by Crippen LogP contribution is 2.36. The summed E-state index contributed by atoms with van der Waals surface area (Å²) in [6.45, 7) is 5.81. The molecule has 1 aromatic heterocycles. The summed E-state index contributed by atoms with van der Waals surface area (Å²) in [5.74, 6) is -1.29. The average molecular weight is 420 g/mol. The predicted octanol–water partition coefficient (Wildman–Crippen LogP) is 5.45. The molecule has 0 unspecified atom stereocenters. The molecule has 0 aliphatic carbocycles. The van der Waals surface area contributed by atoms with E-state index in [4.69, 9.17) is 4.42 Å². The van der Waals surface area contributed by atoms with E-state index < -0.39 is 22.7 Å². The maximum absolute atomic E-state index is 13.0. The Morgan fingerprint density at radius 3 is 2.32 bits per heavy atom. The van der Waals surface area contributed by atoms with Gasteiger partial charge in [0, 0.05) is 17.7 Å². The molecule has 31 heavy (non-hydrogen) atoms. The zero-order valence-electron chi connectivity index (χ0n) is 17.6. The van der Waals surface area contributed by atoms with Gasteiger partial charge in [-0.15, -0.1) is 0 Å². The molecule has 0 aliphatic heterocycles. The zero-order chi connectivity index (χ0) is 22.7. The van der Waals surface area contributed by atoms with Crippen molar-refractivity contribution in [1.82, 2.24) is 0 Å². The van der Waals surface area contributed by atoms with Gasteiger partial charge < -0.3 is 19.7 Å². The van der Waals surface area contributed by atoms with E-state index in [0.29, 0.717) is 12.0 Å². The monoisotopic (exact) mass is 420 g/mol. The Labute approximate surface area is 179 Å². The van der Waals surface area contributed by atoms with Crippen molar-refractivity contribution < 1.29 is 24.5 Å². The second-order valence-electron chi connectivity index (χ2n) is 7.69. The Balaban J connectivity index is 2.14. The van der Waals surface area contributed by atoms with Gasteiger partial charge in [0.15, 0.2) is 16.8 Å². The van der Waals surface area contributed by atoms with Gasteiger partial charge in [0.25, 0.3) is 0 Å². The number of ketones is 1. The summed E-state index contributed by atoms with van der Waals surface area (Å²) in [6.07, 6.45) is 4.91. The highest BCUT2D eigenvalue weighted by Gasteiger charge is 2.22. The van der Waals surface area contributed by atoms with E-state index in [2.05, 4.69) is 6.08 Å². The number of carbonyl (C=O) groups is 1. The summed E-state index contributed by atoms with van der Waals surface area (Å²) in [4.78, 5) is 25.7. The molecule has 3 rings (SSSR count). The van der Waals surface area contributed by atoms with Crippen molar-refractivity contribution in [3.8, 4) is 28.6 Å². The first-order valence-electron chi connectivity index (χ1n) is 9.84. The maximum Gasteiger partial charge on any atom is 0.197 e. The van der Waals surface area contributed by atoms with Gasteiger partial charge in [-0.1, -0.05) is 17.2 Å². The van der Waals surface area contributed by atoms with Crippen LogP contribution in [-0.4, -0.2) is 21.1 Å². The van der Waals surface area contributed by atoms with Gasteiger partial charge in [-0.05, 0) is 64.0 Å². The van der Waals surface area contributed by atoms with Crippen molar-refractivity contribution in [1.29, 1.82) is 0 Å². The molecule has 0 aliphatic rings. The Bertz CT molecular complexity index is 1260. The Morgan fingerprint density at radius 2 is 1.68 bits per heavy atom. The van der Waals surface area contributed by atoms with Gasteiger partial charge >= 0.3 is 0 Å². The molecule has 6 nitrogen and oxygen atoms in total. The smallest absolute Gasteiger partial charge is 0.197 e. The number of hydrogen-bond acceptors (Lipinski definition) is 6. The van der Waals surface area contributed by atoms with E-state index in [9.17, 15) is 24.9 Å². The second-order valence-corrected chi connectivity index (χ2v) is 7.69. The molecule has 6 heteroatoms. The lowest BCUT2D eigenvalue weighted by atomic mass is 10.0. The summed E-state index contributed by atoms with van der Waals surface area (Å²) < 4.78 is 5.82. The minimum atomic E-state index is -0.555. The van der Waals surface area contributed by atoms with Crippen molar-refractivity contribution in [2.45, 2.75) is 33.6 Å². The molecule has 3 aromatic rings. The third-order valence-corrected chi connectivity index (χ3v) is 4.83. The van der Waals surface area contributed by atoms with Crippen molar-refractivity contribution in [3.63, 3.8) is 0 Å². The van der Waals surface area contributed by atoms with E-state index in [-0.39, 0.29) is 28.0 Å². The predicted molar refractivity (Wildman–Crippen MR) is 120 cm³/mol. The standard InChI is InChI=1S/C25H24O6/c1-14(2)5-4-6-15(3)11-18(27)23-19(28)12-20(29)24-21(30)13-22(31-25(23)24)16-7-9-17(26)10-8-16/h5,7-13,26,28-29H,4,6H2,1-3H3/b15-11+. The van der Waals surface area contributed by atoms with Crippen LogP contribution in [0.1, 0.15) is 44.0 Å². The van der Waals surface area contributed by atoms with Gasteiger partial charge in [-0.3, -0.25) is 9.59 Å². The van der Waals surface area contributed by atoms with Crippen LogP contribution in [0.3, 0.4) is 0 Å². The lowest BCUT2D eigenvalue weighted by Gasteiger charge is -2.10. The normalized spacial score (nSPS) is 11.5. The van der Waals surface area contributed by atoms with Crippen LogP contribution in [0.15, 0.2) is 68.9 Å². The Morgan fingerprint density at radius 1 is 1.00 bits per heavy atom. The van der Waals surface area contributed by atoms with Gasteiger partial charge in [-0.2, -0.15) is 0 Å². The number of phenolic OH excluding ortho intramolecular Hbond substituents is 3. The summed E-state index contributed by atoms with van der Waals surface area (Å²) in [5, 5.41) is 29.9. The molecule has 0 radical (unpaired) electrons. The SMILES string of the molecule is CC(C)=CCC/C(C)=C/C(=O)c1c(O)cc(O)c2c(=O)cc(-c3ccc(O)cc3)oc12. The van der Waals surface area contributed by atoms with E-state index in [1.807, 2.05) is 20.8 Å². The van der Waals surface area contributed by atoms with E-state index >= 15 is 0 Å². The lowest BCUT2D eigenvalue weighted by molar-refractivity contribution is 0.104. The number of carbonyl (C=O) groups excluding carboxylic acids is 1. The van der Waals surface area contributed by atoms with Crippen LogP contribution >= 0.6 is 0 Å². The molecule has 0 bridgehead atoms. The number of fused-ring (bicyclic) bond motifs is 1. The number of rotatable bonds is 6. The van der Waals surface area contributed by atoms with E-state index in [1.165, 1.54) is 29.8 Å². The molecule has 0 atom stereocenters. The summed E-state index contributed by atoms with van der Waals surface area (Å²) >= 11 is 0. The second kappa shape index (κ2) is 8.92. The minimum Gasteiger partial charge on any atom is -0.508 e. The van der Waals surface area contributed by atoms with E-state index in [1.54, 1.807) is 12.1 Å². The summed E-state index contributed by atoms with van der Waals surface area (Å²) in [6, 6.07) is 8.14. The van der Waals surface area contributed by atoms with Crippen molar-refractivity contribution in [2.75, 3.05) is 0 Å². The molecule has 0 spiro atoms. The van der Waals surface area contributed by atoms with Gasteiger partial charge in [-0.25, -0.2) is 0 Å². The molecular weight excluding hydrogens is 396 g/mol. The molecule has 0 fully saturated rings. The third kappa shape index (κ3) is 4.86. The zero-order valence-corrected chi connectivity index (χ0v) is 17.6. The van der Waals surface area contributed by atoms with Crippen LogP contribution in [0, 0.1) is 0 Å². The van der Waals surface area contributed by atoms with Gasteiger partial charge in [0.05, 0.1) is 0 Å².